The number of hydrogen-bond donors (Lipinski definition) is 1. The smallest absolute Gasteiger partial charge is 0.310 e. The van der Waals surface area contributed by atoms with Crippen LogP contribution in [0.2, 0.25) is 0 Å². The third-order valence-electron chi connectivity index (χ3n) is 4.17. The maximum Gasteiger partial charge on any atom is 0.310 e. The molecular formula is C18H21NO5. The number of hydrogen-bond acceptors (Lipinski definition) is 5. The van der Waals surface area contributed by atoms with Gasteiger partial charge < -0.3 is 19.5 Å². The van der Waals surface area contributed by atoms with Gasteiger partial charge in [-0.2, -0.15) is 0 Å². The van der Waals surface area contributed by atoms with Gasteiger partial charge in [0.05, 0.1) is 5.92 Å². The van der Waals surface area contributed by atoms with Gasteiger partial charge in [-0.1, -0.05) is 18.2 Å². The number of esters is 1. The standard InChI is InChI=1S/C18H21NO5/c1-12(24-18(21)14-5-3-2-4-6-14)17(20)19-10-13-7-8-15-16(9-13)23-11-22-15/h2-3,7-9,12,14H,4-6,10-11H2,1H3,(H,19,20)/t12-,14-/m0/s1. The molecule has 0 spiro atoms. The molecule has 0 fully saturated rings. The van der Waals surface area contributed by atoms with Crippen molar-refractivity contribution in [1.82, 2.24) is 5.32 Å². The van der Waals surface area contributed by atoms with E-state index in [0.717, 1.165) is 18.4 Å². The fourth-order valence-electron chi connectivity index (χ4n) is 2.72. The molecule has 1 aromatic rings. The van der Waals surface area contributed by atoms with E-state index in [2.05, 4.69) is 11.4 Å². The fraction of sp³-hybridized carbons (Fsp3) is 0.444. The first-order valence-electron chi connectivity index (χ1n) is 8.15. The fourth-order valence-corrected chi connectivity index (χ4v) is 2.72. The molecule has 128 valence electrons. The molecule has 0 bridgehead atoms. The number of carbonyl (C=O) groups excluding carboxylic acids is 2. The summed E-state index contributed by atoms with van der Waals surface area (Å²) in [6.45, 7) is 2.14. The van der Waals surface area contributed by atoms with Crippen molar-refractivity contribution in [1.29, 1.82) is 0 Å². The molecule has 1 heterocycles. The Hall–Kier alpha value is -2.50. The van der Waals surface area contributed by atoms with E-state index < -0.39 is 6.10 Å². The number of carbonyl (C=O) groups is 2. The minimum absolute atomic E-state index is 0.140. The number of allylic oxidation sites excluding steroid dienone is 2. The maximum atomic E-state index is 12.1. The molecule has 3 rings (SSSR count). The van der Waals surface area contributed by atoms with Crippen LogP contribution in [-0.4, -0.2) is 24.8 Å². The number of rotatable bonds is 5. The molecule has 2 atom stereocenters. The van der Waals surface area contributed by atoms with Crippen LogP contribution in [-0.2, 0) is 20.9 Å². The molecule has 0 aromatic heterocycles. The first kappa shape index (κ1) is 16.4. The van der Waals surface area contributed by atoms with E-state index in [4.69, 9.17) is 14.2 Å². The van der Waals surface area contributed by atoms with Gasteiger partial charge in [0.2, 0.25) is 6.79 Å². The maximum absolute atomic E-state index is 12.1. The zero-order chi connectivity index (χ0) is 16.9. The van der Waals surface area contributed by atoms with Crippen LogP contribution in [0.5, 0.6) is 11.5 Å². The van der Waals surface area contributed by atoms with Crippen LogP contribution in [0.15, 0.2) is 30.4 Å². The van der Waals surface area contributed by atoms with Crippen molar-refractivity contribution in [3.8, 4) is 11.5 Å². The van der Waals surface area contributed by atoms with Crippen molar-refractivity contribution < 1.29 is 23.8 Å². The summed E-state index contributed by atoms with van der Waals surface area (Å²) in [6.07, 6.45) is 5.58. The summed E-state index contributed by atoms with van der Waals surface area (Å²) in [6, 6.07) is 5.50. The van der Waals surface area contributed by atoms with Crippen molar-refractivity contribution in [2.24, 2.45) is 5.92 Å². The lowest BCUT2D eigenvalue weighted by Crippen LogP contribution is -2.36. The number of amides is 1. The highest BCUT2D eigenvalue weighted by molar-refractivity contribution is 5.84. The quantitative estimate of drug-likeness (QED) is 0.662. The number of fused-ring (bicyclic) bond motifs is 1. The van der Waals surface area contributed by atoms with E-state index in [-0.39, 0.29) is 24.6 Å². The molecule has 0 saturated heterocycles. The van der Waals surface area contributed by atoms with E-state index >= 15 is 0 Å². The van der Waals surface area contributed by atoms with E-state index in [0.29, 0.717) is 24.5 Å². The van der Waals surface area contributed by atoms with Gasteiger partial charge in [0.15, 0.2) is 17.6 Å². The number of nitrogens with one attached hydrogen (secondary N) is 1. The molecule has 1 aliphatic heterocycles. The first-order chi connectivity index (χ1) is 11.6. The monoisotopic (exact) mass is 331 g/mol. The van der Waals surface area contributed by atoms with Crippen LogP contribution in [0, 0.1) is 5.92 Å². The second kappa shape index (κ2) is 7.38. The Morgan fingerprint density at radius 2 is 2.12 bits per heavy atom. The molecule has 0 radical (unpaired) electrons. The lowest BCUT2D eigenvalue weighted by Gasteiger charge is -2.19. The van der Waals surface area contributed by atoms with Crippen molar-refractivity contribution in [2.45, 2.75) is 38.8 Å². The summed E-state index contributed by atoms with van der Waals surface area (Å²) in [7, 11) is 0. The van der Waals surface area contributed by atoms with Crippen molar-refractivity contribution >= 4 is 11.9 Å². The van der Waals surface area contributed by atoms with Crippen molar-refractivity contribution in [2.75, 3.05) is 6.79 Å². The Kier molecular flexibility index (Phi) is 5.03. The summed E-state index contributed by atoms with van der Waals surface area (Å²) in [5.74, 6) is 0.622. The summed E-state index contributed by atoms with van der Waals surface area (Å²) in [4.78, 5) is 24.2. The molecule has 1 amide bonds. The number of ether oxygens (including phenoxy) is 3. The van der Waals surface area contributed by atoms with Gasteiger partial charge in [-0.25, -0.2) is 0 Å². The molecule has 1 aromatic carbocycles. The SMILES string of the molecule is C[C@H](OC(=O)[C@H]1CC=CCC1)C(=O)NCc1ccc2c(c1)OCO2. The lowest BCUT2D eigenvalue weighted by molar-refractivity contribution is -0.159. The van der Waals surface area contributed by atoms with E-state index in [1.54, 1.807) is 6.92 Å². The average Bonchev–Trinajstić information content (AvgIpc) is 3.08. The van der Waals surface area contributed by atoms with E-state index in [1.807, 2.05) is 24.3 Å². The lowest BCUT2D eigenvalue weighted by atomic mass is 9.95. The third kappa shape index (κ3) is 3.88. The van der Waals surface area contributed by atoms with Crippen LogP contribution < -0.4 is 14.8 Å². The van der Waals surface area contributed by atoms with E-state index in [9.17, 15) is 9.59 Å². The Morgan fingerprint density at radius 3 is 2.92 bits per heavy atom. The van der Waals surface area contributed by atoms with Crippen molar-refractivity contribution in [3.63, 3.8) is 0 Å². The van der Waals surface area contributed by atoms with Gasteiger partial charge in [-0.3, -0.25) is 9.59 Å². The highest BCUT2D eigenvalue weighted by Gasteiger charge is 2.25. The van der Waals surface area contributed by atoms with E-state index in [1.165, 1.54) is 0 Å². The molecule has 2 aliphatic rings. The Bertz CT molecular complexity index is 655. The highest BCUT2D eigenvalue weighted by Crippen LogP contribution is 2.32. The predicted octanol–water partition coefficient (Wildman–Crippen LogP) is 2.32. The van der Waals surface area contributed by atoms with Gasteiger partial charge in [0, 0.05) is 6.54 Å². The summed E-state index contributed by atoms with van der Waals surface area (Å²) in [5.41, 5.74) is 0.892. The molecule has 1 N–H and O–H groups in total. The number of benzene rings is 1. The highest BCUT2D eigenvalue weighted by atomic mass is 16.7. The van der Waals surface area contributed by atoms with Gasteiger partial charge in [-0.05, 0) is 43.9 Å². The van der Waals surface area contributed by atoms with Gasteiger partial charge >= 0.3 is 5.97 Å². The third-order valence-corrected chi connectivity index (χ3v) is 4.17. The van der Waals surface area contributed by atoms with Gasteiger partial charge in [-0.15, -0.1) is 0 Å². The largest absolute Gasteiger partial charge is 0.454 e. The topological polar surface area (TPSA) is 73.9 Å². The van der Waals surface area contributed by atoms with Crippen LogP contribution in [0.3, 0.4) is 0 Å². The Balaban J connectivity index is 1.47. The second-order valence-corrected chi connectivity index (χ2v) is 5.97. The molecule has 24 heavy (non-hydrogen) atoms. The minimum Gasteiger partial charge on any atom is -0.454 e. The average molecular weight is 331 g/mol. The van der Waals surface area contributed by atoms with Crippen LogP contribution in [0.25, 0.3) is 0 Å². The molecule has 0 saturated carbocycles. The second-order valence-electron chi connectivity index (χ2n) is 5.97. The minimum atomic E-state index is -0.808. The van der Waals surface area contributed by atoms with Crippen LogP contribution in [0.1, 0.15) is 31.7 Å². The van der Waals surface area contributed by atoms with Gasteiger partial charge in [0.25, 0.3) is 5.91 Å². The van der Waals surface area contributed by atoms with Crippen LogP contribution in [0.4, 0.5) is 0 Å². The summed E-state index contributed by atoms with van der Waals surface area (Å²) < 4.78 is 15.8. The summed E-state index contributed by atoms with van der Waals surface area (Å²) >= 11 is 0. The van der Waals surface area contributed by atoms with Crippen molar-refractivity contribution in [3.05, 3.63) is 35.9 Å². The van der Waals surface area contributed by atoms with Gasteiger partial charge in [0.1, 0.15) is 0 Å². The molecule has 6 nitrogen and oxygen atoms in total. The molecule has 0 unspecified atom stereocenters. The summed E-state index contributed by atoms with van der Waals surface area (Å²) in [5, 5.41) is 2.77. The zero-order valence-corrected chi connectivity index (χ0v) is 13.6. The van der Waals surface area contributed by atoms with Crippen LogP contribution >= 0.6 is 0 Å². The predicted molar refractivity (Wildman–Crippen MR) is 86.4 cm³/mol. The molecule has 6 heteroatoms. The Labute approximate surface area is 140 Å². The first-order valence-corrected chi connectivity index (χ1v) is 8.15. The molecule has 1 aliphatic carbocycles. The molecular weight excluding hydrogens is 310 g/mol. The normalized spacial score (nSPS) is 19.6. The zero-order valence-electron chi connectivity index (χ0n) is 13.6. The Morgan fingerprint density at radius 1 is 1.29 bits per heavy atom.